The van der Waals surface area contributed by atoms with Crippen LogP contribution in [0.1, 0.15) is 66.5 Å². The van der Waals surface area contributed by atoms with Gasteiger partial charge in [0.2, 0.25) is 5.03 Å². The van der Waals surface area contributed by atoms with Gasteiger partial charge in [0.15, 0.2) is 15.7 Å². The molecule has 0 saturated heterocycles. The number of nitrogens with two attached hydrogens (primary N) is 1. The van der Waals surface area contributed by atoms with Crippen molar-refractivity contribution < 1.29 is 13.4 Å². The maximum atomic E-state index is 13.7. The van der Waals surface area contributed by atoms with E-state index >= 15 is 0 Å². The smallest absolute Gasteiger partial charge is 0.305 e. The zero-order valence-corrected chi connectivity index (χ0v) is 16.0. The topological polar surface area (TPSA) is 126 Å². The second kappa shape index (κ2) is 6.35. The number of urea groups is 1. The van der Waals surface area contributed by atoms with E-state index in [1.807, 2.05) is 0 Å². The molecule has 2 aromatic rings. The molecule has 0 aliphatic heterocycles. The fourth-order valence-electron chi connectivity index (χ4n) is 3.98. The van der Waals surface area contributed by atoms with E-state index in [-0.39, 0.29) is 0 Å². The van der Waals surface area contributed by atoms with Crippen molar-refractivity contribution in [3.05, 3.63) is 34.5 Å². The summed E-state index contributed by atoms with van der Waals surface area (Å²) in [6.07, 6.45) is 8.04. The SMILES string of the molecule is NS(=O)(=NC(=O)Nc1c2c(nc(C3CC3)c1C1CC1)CCC2)c1n[nH]cc1F. The van der Waals surface area contributed by atoms with Crippen molar-refractivity contribution in [2.75, 3.05) is 5.32 Å². The number of halogens is 1. The number of hydrogen-bond donors (Lipinski definition) is 3. The highest BCUT2D eigenvalue weighted by Gasteiger charge is 2.38. The van der Waals surface area contributed by atoms with Gasteiger partial charge in [-0.2, -0.15) is 5.10 Å². The summed E-state index contributed by atoms with van der Waals surface area (Å²) in [5.41, 5.74) is 5.06. The molecule has 0 spiro atoms. The maximum Gasteiger partial charge on any atom is 0.354 e. The Morgan fingerprint density at radius 3 is 2.68 bits per heavy atom. The second-order valence-electron chi connectivity index (χ2n) is 7.74. The Morgan fingerprint density at radius 1 is 1.29 bits per heavy atom. The zero-order chi connectivity index (χ0) is 19.5. The Kier molecular flexibility index (Phi) is 4.02. The number of aryl methyl sites for hydroxylation is 1. The molecule has 0 radical (unpaired) electrons. The van der Waals surface area contributed by atoms with Crippen molar-refractivity contribution in [1.29, 1.82) is 0 Å². The lowest BCUT2D eigenvalue weighted by molar-refractivity contribution is 0.260. The van der Waals surface area contributed by atoms with Gasteiger partial charge < -0.3 is 5.32 Å². The Labute approximate surface area is 161 Å². The summed E-state index contributed by atoms with van der Waals surface area (Å²) in [6, 6.07) is -0.848. The first-order valence-electron chi connectivity index (χ1n) is 9.55. The third-order valence-corrected chi connectivity index (χ3v) is 6.81. The van der Waals surface area contributed by atoms with Gasteiger partial charge in [-0.25, -0.2) is 18.5 Å². The number of carbonyl (C=O) groups is 1. The molecule has 1 atom stereocenters. The molecule has 2 aromatic heterocycles. The van der Waals surface area contributed by atoms with Crippen LogP contribution in [0.2, 0.25) is 0 Å². The number of nitrogens with zero attached hydrogens (tertiary/aromatic N) is 3. The Balaban J connectivity index is 1.55. The normalized spacial score (nSPS) is 20.5. The van der Waals surface area contributed by atoms with E-state index in [4.69, 9.17) is 10.1 Å². The molecule has 10 heteroatoms. The summed E-state index contributed by atoms with van der Waals surface area (Å²) in [6.45, 7) is 0. The van der Waals surface area contributed by atoms with Gasteiger partial charge in [-0.15, -0.1) is 4.36 Å². The van der Waals surface area contributed by atoms with E-state index in [2.05, 4.69) is 19.9 Å². The molecule has 2 fully saturated rings. The number of aromatic amines is 1. The van der Waals surface area contributed by atoms with Gasteiger partial charge in [0, 0.05) is 22.9 Å². The van der Waals surface area contributed by atoms with Gasteiger partial charge in [0.05, 0.1) is 11.9 Å². The molecule has 4 N–H and O–H groups in total. The highest BCUT2D eigenvalue weighted by atomic mass is 32.2. The van der Waals surface area contributed by atoms with E-state index < -0.39 is 26.8 Å². The van der Waals surface area contributed by atoms with Crippen LogP contribution in [0.5, 0.6) is 0 Å². The first kappa shape index (κ1) is 17.7. The standard InChI is InChI=1S/C18H21FN6O2S/c19-12-8-21-24-17(12)28(20,27)25-18(26)23-16-11-2-1-3-13(11)22-15(10-6-7-10)14(16)9-4-5-9/h8-10H,1-7H2,(H,21,24)(H3,20,22,23,25,26,27). The number of carbonyl (C=O) groups excluding carboxylic acids is 1. The highest BCUT2D eigenvalue weighted by molar-refractivity contribution is 7.91. The number of rotatable bonds is 4. The van der Waals surface area contributed by atoms with E-state index in [1.54, 1.807) is 0 Å². The van der Waals surface area contributed by atoms with Crippen molar-refractivity contribution in [2.24, 2.45) is 9.50 Å². The Bertz CT molecular complexity index is 1100. The molecule has 3 aliphatic rings. The number of nitrogens with one attached hydrogen (secondary N) is 2. The monoisotopic (exact) mass is 404 g/mol. The van der Waals surface area contributed by atoms with Gasteiger partial charge in [0.25, 0.3) is 0 Å². The lowest BCUT2D eigenvalue weighted by atomic mass is 9.98. The molecule has 148 valence electrons. The molecule has 2 amide bonds. The lowest BCUT2D eigenvalue weighted by Crippen LogP contribution is -2.20. The minimum Gasteiger partial charge on any atom is -0.305 e. The molecule has 5 rings (SSSR count). The van der Waals surface area contributed by atoms with E-state index in [1.165, 1.54) is 0 Å². The summed E-state index contributed by atoms with van der Waals surface area (Å²) in [7, 11) is -3.78. The van der Waals surface area contributed by atoms with Crippen LogP contribution in [0.25, 0.3) is 0 Å². The average molecular weight is 404 g/mol. The van der Waals surface area contributed by atoms with Crippen molar-refractivity contribution >= 4 is 21.6 Å². The fourth-order valence-corrected chi connectivity index (χ4v) is 4.88. The van der Waals surface area contributed by atoms with Crippen LogP contribution in [0.4, 0.5) is 14.9 Å². The molecule has 3 aliphatic carbocycles. The summed E-state index contributed by atoms with van der Waals surface area (Å²) in [5.74, 6) is -0.0233. The van der Waals surface area contributed by atoms with E-state index in [9.17, 15) is 13.4 Å². The summed E-state index contributed by atoms with van der Waals surface area (Å²) >= 11 is 0. The van der Waals surface area contributed by atoms with Gasteiger partial charge in [-0.1, -0.05) is 0 Å². The number of amides is 2. The van der Waals surface area contributed by atoms with Crippen LogP contribution in [0.15, 0.2) is 15.6 Å². The molecule has 28 heavy (non-hydrogen) atoms. The van der Waals surface area contributed by atoms with Crippen LogP contribution >= 0.6 is 0 Å². The summed E-state index contributed by atoms with van der Waals surface area (Å²) < 4.78 is 29.8. The summed E-state index contributed by atoms with van der Waals surface area (Å²) in [5, 5.41) is 13.6. The number of fused-ring (bicyclic) bond motifs is 1. The van der Waals surface area contributed by atoms with Gasteiger partial charge in [-0.05, 0) is 56.4 Å². The third kappa shape index (κ3) is 3.10. The van der Waals surface area contributed by atoms with Crippen molar-refractivity contribution in [2.45, 2.75) is 61.8 Å². The molecular formula is C18H21FN6O2S. The maximum absolute atomic E-state index is 13.7. The predicted octanol–water partition coefficient (Wildman–Crippen LogP) is 3.12. The number of aromatic nitrogens is 3. The van der Waals surface area contributed by atoms with Crippen LogP contribution in [0.3, 0.4) is 0 Å². The van der Waals surface area contributed by atoms with Crippen LogP contribution in [-0.2, 0) is 22.8 Å². The molecule has 0 aromatic carbocycles. The van der Waals surface area contributed by atoms with E-state index in [0.717, 1.165) is 79.3 Å². The first-order valence-corrected chi connectivity index (χ1v) is 11.1. The third-order valence-electron chi connectivity index (χ3n) is 5.53. The van der Waals surface area contributed by atoms with Crippen molar-refractivity contribution in [3.8, 4) is 0 Å². The largest absolute Gasteiger partial charge is 0.354 e. The molecule has 2 heterocycles. The number of pyridine rings is 1. The highest BCUT2D eigenvalue weighted by Crippen LogP contribution is 2.52. The second-order valence-corrected chi connectivity index (χ2v) is 9.45. The Hall–Kier alpha value is -2.33. The molecule has 1 unspecified atom stereocenters. The minimum absolute atomic E-state index is 0.398. The lowest BCUT2D eigenvalue weighted by Gasteiger charge is -2.18. The molecular weight excluding hydrogens is 383 g/mol. The molecule has 8 nitrogen and oxygen atoms in total. The summed E-state index contributed by atoms with van der Waals surface area (Å²) in [4.78, 5) is 17.6. The van der Waals surface area contributed by atoms with Gasteiger partial charge in [0.1, 0.15) is 0 Å². The van der Waals surface area contributed by atoms with Crippen LogP contribution in [-0.4, -0.2) is 25.4 Å². The Morgan fingerprint density at radius 2 is 2.04 bits per heavy atom. The quantitative estimate of drug-likeness (QED) is 0.723. The predicted molar refractivity (Wildman–Crippen MR) is 101 cm³/mol. The van der Waals surface area contributed by atoms with E-state index in [0.29, 0.717) is 11.8 Å². The number of hydrogen-bond acceptors (Lipinski definition) is 4. The molecule has 2 saturated carbocycles. The van der Waals surface area contributed by atoms with Crippen LogP contribution < -0.4 is 10.5 Å². The number of H-pyrrole nitrogens is 1. The van der Waals surface area contributed by atoms with Crippen molar-refractivity contribution in [3.63, 3.8) is 0 Å². The zero-order valence-electron chi connectivity index (χ0n) is 15.2. The average Bonchev–Trinajstić information content (AvgIpc) is 3.55. The molecule has 0 bridgehead atoms. The minimum atomic E-state index is -3.78. The van der Waals surface area contributed by atoms with Gasteiger partial charge in [-0.3, -0.25) is 10.1 Å². The number of anilines is 1. The van der Waals surface area contributed by atoms with Crippen molar-refractivity contribution in [1.82, 2.24) is 15.2 Å². The van der Waals surface area contributed by atoms with Crippen LogP contribution in [0, 0.1) is 5.82 Å². The fraction of sp³-hybridized carbons (Fsp3) is 0.500. The first-order chi connectivity index (χ1) is 13.4. The van der Waals surface area contributed by atoms with Gasteiger partial charge >= 0.3 is 6.03 Å².